The maximum Gasteiger partial charge on any atom is 0.410 e. The summed E-state index contributed by atoms with van der Waals surface area (Å²) in [6.45, 7) is 2.94. The molecule has 0 spiro atoms. The van der Waals surface area contributed by atoms with Gasteiger partial charge in [-0.05, 0) is 31.3 Å². The minimum Gasteiger partial charge on any atom is -0.448 e. The summed E-state index contributed by atoms with van der Waals surface area (Å²) in [6.07, 6.45) is 9.41. The zero-order valence-electron chi connectivity index (χ0n) is 19.2. The summed E-state index contributed by atoms with van der Waals surface area (Å²) in [4.78, 5) is 35.0. The van der Waals surface area contributed by atoms with Crippen molar-refractivity contribution in [3.05, 3.63) is 35.0 Å². The molecule has 1 saturated carbocycles. The second-order valence-corrected chi connectivity index (χ2v) is 11.3. The van der Waals surface area contributed by atoms with Gasteiger partial charge in [-0.3, -0.25) is 4.21 Å². The molecule has 1 N–H and O–H groups in total. The van der Waals surface area contributed by atoms with Gasteiger partial charge in [-0.2, -0.15) is 4.98 Å². The molecule has 6 rings (SSSR count). The first-order valence-electron chi connectivity index (χ1n) is 11.9. The average molecular weight is 516 g/mol. The van der Waals surface area contributed by atoms with Gasteiger partial charge in [-0.25, -0.2) is 19.7 Å². The first kappa shape index (κ1) is 22.7. The van der Waals surface area contributed by atoms with Gasteiger partial charge in [0.15, 0.2) is 5.82 Å². The second kappa shape index (κ2) is 9.02. The number of hydrogen-bond donors (Lipinski definition) is 1. The number of carbonyl (C=O) groups is 1. The van der Waals surface area contributed by atoms with E-state index < -0.39 is 10.8 Å². The molecule has 0 bridgehead atoms. The molecule has 1 atom stereocenters. The number of hydrogen-bond acceptors (Lipinski definition) is 9. The van der Waals surface area contributed by atoms with Gasteiger partial charge in [-0.1, -0.05) is 17.7 Å². The van der Waals surface area contributed by atoms with Crippen LogP contribution >= 0.6 is 11.6 Å². The zero-order valence-corrected chi connectivity index (χ0v) is 20.8. The fraction of sp³-hybridized carbons (Fsp3) is 0.522. The van der Waals surface area contributed by atoms with Crippen molar-refractivity contribution in [1.29, 1.82) is 0 Å². The van der Waals surface area contributed by atoms with Crippen molar-refractivity contribution in [2.45, 2.75) is 42.5 Å². The highest BCUT2D eigenvalue weighted by Crippen LogP contribution is 2.40. The molecule has 2 aromatic heterocycles. The summed E-state index contributed by atoms with van der Waals surface area (Å²) < 4.78 is 18.0. The Hall–Kier alpha value is -2.79. The molecule has 0 unspecified atom stereocenters. The van der Waals surface area contributed by atoms with Gasteiger partial charge in [-0.15, -0.1) is 0 Å². The topological polar surface area (TPSA) is 113 Å². The van der Waals surface area contributed by atoms with E-state index in [1.165, 1.54) is 0 Å². The molecule has 4 aliphatic rings. The van der Waals surface area contributed by atoms with Crippen LogP contribution in [0.5, 0.6) is 0 Å². The molecule has 2 fully saturated rings. The Morgan fingerprint density at radius 3 is 2.66 bits per heavy atom. The number of amides is 1. The van der Waals surface area contributed by atoms with Gasteiger partial charge < -0.3 is 19.9 Å². The summed E-state index contributed by atoms with van der Waals surface area (Å²) in [5.41, 5.74) is 1.64. The highest BCUT2D eigenvalue weighted by atomic mass is 35.5. The third-order valence-corrected chi connectivity index (χ3v) is 8.76. The number of fused-ring (bicyclic) bond motifs is 1. The van der Waals surface area contributed by atoms with Crippen LogP contribution in [-0.4, -0.2) is 79.2 Å². The molecule has 5 heterocycles. The molecule has 3 aliphatic heterocycles. The number of aryl methyl sites for hydroxylation is 1. The Kier molecular flexibility index (Phi) is 5.84. The number of ether oxygens (including phenoxy) is 1. The average Bonchev–Trinajstić information content (AvgIpc) is 3.43. The molecular formula is C23H26ClN7O3S. The van der Waals surface area contributed by atoms with E-state index >= 15 is 0 Å². The number of anilines is 2. The first-order valence-corrected chi connectivity index (χ1v) is 13.6. The van der Waals surface area contributed by atoms with E-state index in [2.05, 4.69) is 26.3 Å². The van der Waals surface area contributed by atoms with Crippen LogP contribution in [0.15, 0.2) is 23.4 Å². The predicted molar refractivity (Wildman–Crippen MR) is 132 cm³/mol. The fourth-order valence-electron chi connectivity index (χ4n) is 5.05. The highest BCUT2D eigenvalue weighted by molar-refractivity contribution is 7.85. The monoisotopic (exact) mass is 515 g/mol. The van der Waals surface area contributed by atoms with Crippen molar-refractivity contribution in [3.8, 4) is 0 Å². The SMILES string of the molecule is O=C1OCCN1CC1(Nc2nc(N3CC=C(c4ncc(Cl)cn4)CC3)nc3c2[S@](=O)CC3)CCC1. The van der Waals surface area contributed by atoms with Gasteiger partial charge in [0.2, 0.25) is 5.95 Å². The van der Waals surface area contributed by atoms with Crippen LogP contribution in [0, 0.1) is 0 Å². The summed E-state index contributed by atoms with van der Waals surface area (Å²) in [5.74, 6) is 2.52. The third-order valence-electron chi connectivity index (χ3n) is 7.11. The van der Waals surface area contributed by atoms with E-state index in [4.69, 9.17) is 26.3 Å². The van der Waals surface area contributed by atoms with Crippen LogP contribution in [0.2, 0.25) is 5.02 Å². The second-order valence-electron chi connectivity index (χ2n) is 9.39. The molecule has 2 aromatic rings. The molecule has 1 amide bonds. The van der Waals surface area contributed by atoms with E-state index in [0.717, 1.165) is 43.5 Å². The van der Waals surface area contributed by atoms with Crippen molar-refractivity contribution in [1.82, 2.24) is 24.8 Å². The third kappa shape index (κ3) is 4.35. The van der Waals surface area contributed by atoms with E-state index in [0.29, 0.717) is 65.9 Å². The van der Waals surface area contributed by atoms with Gasteiger partial charge in [0.05, 0.1) is 33.6 Å². The van der Waals surface area contributed by atoms with Gasteiger partial charge in [0.1, 0.15) is 17.3 Å². The quantitative estimate of drug-likeness (QED) is 0.620. The Morgan fingerprint density at radius 1 is 1.17 bits per heavy atom. The van der Waals surface area contributed by atoms with Crippen molar-refractivity contribution >= 4 is 45.8 Å². The lowest BCUT2D eigenvalue weighted by Crippen LogP contribution is -2.54. The minimum atomic E-state index is -1.13. The molecule has 1 saturated heterocycles. The Bertz CT molecular complexity index is 1220. The van der Waals surface area contributed by atoms with Crippen molar-refractivity contribution in [3.63, 3.8) is 0 Å². The lowest BCUT2D eigenvalue weighted by Gasteiger charge is -2.45. The summed E-state index contributed by atoms with van der Waals surface area (Å²) in [5, 5.41) is 4.14. The van der Waals surface area contributed by atoms with E-state index in [1.807, 2.05) is 0 Å². The number of cyclic esters (lactones) is 1. The predicted octanol–water partition coefficient (Wildman–Crippen LogP) is 2.66. The maximum absolute atomic E-state index is 12.8. The number of aromatic nitrogens is 4. The largest absolute Gasteiger partial charge is 0.448 e. The Labute approximate surface area is 210 Å². The Morgan fingerprint density at radius 2 is 2.00 bits per heavy atom. The summed E-state index contributed by atoms with van der Waals surface area (Å²) >= 11 is 5.92. The lowest BCUT2D eigenvalue weighted by molar-refractivity contribution is 0.142. The van der Waals surface area contributed by atoms with Gasteiger partial charge in [0, 0.05) is 44.2 Å². The smallest absolute Gasteiger partial charge is 0.410 e. The zero-order chi connectivity index (χ0) is 24.0. The van der Waals surface area contributed by atoms with Crippen LogP contribution < -0.4 is 10.2 Å². The number of rotatable bonds is 6. The molecule has 12 heteroatoms. The van der Waals surface area contributed by atoms with Crippen molar-refractivity contribution in [2.24, 2.45) is 0 Å². The van der Waals surface area contributed by atoms with Crippen molar-refractivity contribution in [2.75, 3.05) is 48.8 Å². The van der Waals surface area contributed by atoms with E-state index in [-0.39, 0.29) is 11.6 Å². The van der Waals surface area contributed by atoms with Crippen LogP contribution in [0.4, 0.5) is 16.6 Å². The normalized spacial score (nSPS) is 22.9. The van der Waals surface area contributed by atoms with Gasteiger partial charge in [0.25, 0.3) is 0 Å². The molecule has 0 aromatic carbocycles. The van der Waals surface area contributed by atoms with Crippen LogP contribution in [0.25, 0.3) is 5.57 Å². The molecular weight excluding hydrogens is 490 g/mol. The number of carbonyl (C=O) groups excluding carboxylic acids is 1. The highest BCUT2D eigenvalue weighted by Gasteiger charge is 2.43. The van der Waals surface area contributed by atoms with Crippen LogP contribution in [-0.2, 0) is 22.0 Å². The minimum absolute atomic E-state index is 0.268. The lowest BCUT2D eigenvalue weighted by atomic mass is 9.76. The Balaban J connectivity index is 1.26. The van der Waals surface area contributed by atoms with Crippen molar-refractivity contribution < 1.29 is 13.7 Å². The molecule has 10 nitrogen and oxygen atoms in total. The maximum atomic E-state index is 12.8. The van der Waals surface area contributed by atoms with Crippen LogP contribution in [0.1, 0.15) is 37.2 Å². The molecule has 184 valence electrons. The molecule has 0 radical (unpaired) electrons. The van der Waals surface area contributed by atoms with Crippen LogP contribution in [0.3, 0.4) is 0 Å². The summed E-state index contributed by atoms with van der Waals surface area (Å²) in [7, 11) is -1.13. The van der Waals surface area contributed by atoms with Gasteiger partial charge >= 0.3 is 6.09 Å². The fourth-order valence-corrected chi connectivity index (χ4v) is 6.46. The first-order chi connectivity index (χ1) is 17.0. The van der Waals surface area contributed by atoms with E-state index in [1.54, 1.807) is 17.3 Å². The molecule has 1 aliphatic carbocycles. The number of nitrogens with one attached hydrogen (secondary N) is 1. The van der Waals surface area contributed by atoms with E-state index in [9.17, 15) is 9.00 Å². The standard InChI is InChI=1S/C23H26ClN7O3S/c24-16-12-25-19(26-13-16)15-2-7-30(8-3-15)21-27-17-4-11-35(33)18(17)20(28-21)29-23(5-1-6-23)14-31-9-10-34-22(31)32/h2,12-13H,1,3-11,14H2,(H,27,28,29)/t35-/m1/s1. The number of halogens is 1. The summed E-state index contributed by atoms with van der Waals surface area (Å²) in [6, 6.07) is 0. The number of nitrogens with zero attached hydrogens (tertiary/aromatic N) is 6. The molecule has 35 heavy (non-hydrogen) atoms.